The number of carbonyl (C=O) groups is 4. The number of aliphatic hydroxyl groups is 1. The molecule has 2 rings (SSSR count). The third-order valence-corrected chi connectivity index (χ3v) is 7.22. The molecule has 0 aromatic carbocycles. The van der Waals surface area contributed by atoms with E-state index in [2.05, 4.69) is 17.2 Å². The predicted octanol–water partition coefficient (Wildman–Crippen LogP) is 2.54. The molecule has 2 bridgehead atoms. The summed E-state index contributed by atoms with van der Waals surface area (Å²) in [6.45, 7) is 10.9. The van der Waals surface area contributed by atoms with Gasteiger partial charge < -0.3 is 35.7 Å². The minimum Gasteiger partial charge on any atom is -0.439 e. The molecule has 1 aliphatic heterocycles. The van der Waals surface area contributed by atoms with Crippen molar-refractivity contribution in [1.29, 1.82) is 0 Å². The molecule has 0 radical (unpaired) electrons. The minimum atomic E-state index is -1.00. The number of fused-ring (bicyclic) bond motifs is 2. The number of ether oxygens (including phenoxy) is 3. The first kappa shape index (κ1) is 34.4. The fourth-order valence-electron chi connectivity index (χ4n) is 4.95. The van der Waals surface area contributed by atoms with Crippen molar-refractivity contribution >= 4 is 23.6 Å². The summed E-state index contributed by atoms with van der Waals surface area (Å²) in [7, 11) is 2.92. The maximum Gasteiger partial charge on any atom is 0.405 e. The second-order valence-electron chi connectivity index (χ2n) is 10.6. The molecule has 11 nitrogen and oxygen atoms in total. The number of hydrogen-bond donors (Lipinski definition) is 4. The molecule has 0 aromatic rings. The molecule has 2 aliphatic rings. The fourth-order valence-corrected chi connectivity index (χ4v) is 4.95. The molecule has 11 heteroatoms. The Kier molecular flexibility index (Phi) is 13.1. The largest absolute Gasteiger partial charge is 0.439 e. The van der Waals surface area contributed by atoms with E-state index in [1.54, 1.807) is 45.1 Å². The average Bonchev–Trinajstić information content (AvgIpc) is 2.94. The van der Waals surface area contributed by atoms with E-state index in [0.717, 1.165) is 6.08 Å². The van der Waals surface area contributed by atoms with Gasteiger partial charge in [0.1, 0.15) is 6.10 Å². The maximum absolute atomic E-state index is 13.5. The Bertz CT molecular complexity index is 1210. The van der Waals surface area contributed by atoms with Gasteiger partial charge in [-0.05, 0) is 38.2 Å². The van der Waals surface area contributed by atoms with Crippen molar-refractivity contribution in [3.63, 3.8) is 0 Å². The lowest BCUT2D eigenvalue weighted by Gasteiger charge is -2.30. The van der Waals surface area contributed by atoms with Crippen LogP contribution >= 0.6 is 0 Å². The molecule has 5 N–H and O–H groups in total. The standard InChI is InChI=1S/C31H43N3O8/c1-8-12-33-26-21-13-17(2)14-25(41-7)27(36)19(4)15-20(5)29(42-31(32)39)24(40-6)11-9-10-18(3)30(38)34-22(28(21)37)16-23(26)35/h8-11,15-17,19,24-25,27,29,33,36H,1,12-14H2,2-7H3,(H2,32,39)(H,34,38)/b11-9?,18-10-,20-15+/t17-,19+,24+,25+,27-,29+/m1/s1. The van der Waals surface area contributed by atoms with Gasteiger partial charge in [0.15, 0.2) is 6.10 Å². The van der Waals surface area contributed by atoms with Gasteiger partial charge in [-0.15, -0.1) is 6.58 Å². The summed E-state index contributed by atoms with van der Waals surface area (Å²) < 4.78 is 16.6. The van der Waals surface area contributed by atoms with Crippen LogP contribution in [-0.4, -0.2) is 73.9 Å². The maximum atomic E-state index is 13.5. The highest BCUT2D eigenvalue weighted by Crippen LogP contribution is 2.28. The van der Waals surface area contributed by atoms with Crippen molar-refractivity contribution < 1.29 is 38.5 Å². The van der Waals surface area contributed by atoms with E-state index in [1.807, 2.05) is 6.92 Å². The molecule has 1 heterocycles. The lowest BCUT2D eigenvalue weighted by atomic mass is 9.85. The van der Waals surface area contributed by atoms with Gasteiger partial charge in [0.25, 0.3) is 5.91 Å². The van der Waals surface area contributed by atoms with Crippen LogP contribution < -0.4 is 16.4 Å². The van der Waals surface area contributed by atoms with Crippen molar-refractivity contribution in [1.82, 2.24) is 10.6 Å². The van der Waals surface area contributed by atoms with Gasteiger partial charge in [-0.25, -0.2) is 4.79 Å². The molecule has 0 fully saturated rings. The Balaban J connectivity index is 2.62. The van der Waals surface area contributed by atoms with Gasteiger partial charge in [0.05, 0.1) is 23.6 Å². The highest BCUT2D eigenvalue weighted by Gasteiger charge is 2.33. The average molecular weight is 586 g/mol. The Morgan fingerprint density at radius 3 is 2.50 bits per heavy atom. The van der Waals surface area contributed by atoms with Crippen LogP contribution in [-0.2, 0) is 28.6 Å². The van der Waals surface area contributed by atoms with E-state index in [4.69, 9.17) is 19.9 Å². The van der Waals surface area contributed by atoms with Gasteiger partial charge in [-0.3, -0.25) is 14.4 Å². The monoisotopic (exact) mass is 585 g/mol. The van der Waals surface area contributed by atoms with Crippen molar-refractivity contribution in [3.8, 4) is 0 Å². The van der Waals surface area contributed by atoms with Crippen LogP contribution in [0.2, 0.25) is 0 Å². The van der Waals surface area contributed by atoms with E-state index >= 15 is 0 Å². The summed E-state index contributed by atoms with van der Waals surface area (Å²) in [4.78, 5) is 51.3. The smallest absolute Gasteiger partial charge is 0.405 e. The number of rotatable bonds is 6. The van der Waals surface area contributed by atoms with Gasteiger partial charge >= 0.3 is 6.09 Å². The zero-order valence-corrected chi connectivity index (χ0v) is 25.1. The third-order valence-electron chi connectivity index (χ3n) is 7.22. The SMILES string of the molecule is C=CCNC1=C2C[C@@H](C)C[C@H](OC)[C@H](O)[C@@H](C)/C=C(\C)[C@H](OC(N)=O)[C@@H](OC)C=C/C=C(/C)C(=O)NC(=CC1=O)C2=O. The number of primary amides is 1. The summed E-state index contributed by atoms with van der Waals surface area (Å²) in [5.74, 6) is -2.14. The zero-order valence-electron chi connectivity index (χ0n) is 25.1. The van der Waals surface area contributed by atoms with Crippen LogP contribution in [0.5, 0.6) is 0 Å². The normalized spacial score (nSPS) is 30.8. The number of allylic oxidation sites excluding steroid dienone is 4. The molecule has 2 amide bonds. The van der Waals surface area contributed by atoms with E-state index in [0.29, 0.717) is 12.0 Å². The van der Waals surface area contributed by atoms with Crippen LogP contribution in [0.25, 0.3) is 0 Å². The Morgan fingerprint density at radius 2 is 1.90 bits per heavy atom. The first-order chi connectivity index (χ1) is 19.8. The molecule has 0 spiro atoms. The van der Waals surface area contributed by atoms with Crippen molar-refractivity contribution in [2.75, 3.05) is 20.8 Å². The molecule has 0 unspecified atom stereocenters. The molecule has 42 heavy (non-hydrogen) atoms. The van der Waals surface area contributed by atoms with Crippen molar-refractivity contribution in [2.24, 2.45) is 17.6 Å². The molecule has 0 saturated carbocycles. The van der Waals surface area contributed by atoms with E-state index in [9.17, 15) is 24.3 Å². The van der Waals surface area contributed by atoms with Crippen LogP contribution in [0, 0.1) is 11.8 Å². The first-order valence-electron chi connectivity index (χ1n) is 13.8. The Morgan fingerprint density at radius 1 is 1.21 bits per heavy atom. The number of hydrogen-bond acceptors (Lipinski definition) is 9. The van der Waals surface area contributed by atoms with Gasteiger partial charge in [-0.1, -0.05) is 44.2 Å². The lowest BCUT2D eigenvalue weighted by molar-refractivity contribution is -0.120. The van der Waals surface area contributed by atoms with E-state index < -0.39 is 53.9 Å². The number of methoxy groups -OCH3 is 2. The summed E-state index contributed by atoms with van der Waals surface area (Å²) in [5, 5.41) is 16.7. The van der Waals surface area contributed by atoms with Gasteiger partial charge in [0.2, 0.25) is 11.6 Å². The Labute approximate surface area is 247 Å². The number of nitrogens with two attached hydrogens (primary N) is 1. The minimum absolute atomic E-state index is 0.132. The third kappa shape index (κ3) is 9.10. The number of Topliss-reactive ketones (excluding diaryl/α,β-unsaturated/α-hetero) is 1. The number of carbonyl (C=O) groups excluding carboxylic acids is 4. The highest BCUT2D eigenvalue weighted by molar-refractivity contribution is 6.23. The molecule has 6 atom stereocenters. The number of aliphatic hydroxyl groups excluding tert-OH is 1. The molecular formula is C31H43N3O8. The van der Waals surface area contributed by atoms with Crippen LogP contribution in [0.3, 0.4) is 0 Å². The molecule has 1 aliphatic carbocycles. The van der Waals surface area contributed by atoms with Gasteiger partial charge in [-0.2, -0.15) is 0 Å². The summed E-state index contributed by atoms with van der Waals surface area (Å²) in [5.41, 5.74) is 6.42. The molecule has 0 saturated heterocycles. The topological polar surface area (TPSA) is 166 Å². The van der Waals surface area contributed by atoms with E-state index in [1.165, 1.54) is 20.3 Å². The number of nitrogens with one attached hydrogen (secondary N) is 2. The van der Waals surface area contributed by atoms with Crippen LogP contribution in [0.1, 0.15) is 40.5 Å². The summed E-state index contributed by atoms with van der Waals surface area (Å²) >= 11 is 0. The fraction of sp³-hybridized carbons (Fsp3) is 0.484. The zero-order chi connectivity index (χ0) is 31.6. The first-order valence-corrected chi connectivity index (χ1v) is 13.8. The Hall–Kier alpha value is -3.80. The van der Waals surface area contributed by atoms with Crippen molar-refractivity contribution in [3.05, 3.63) is 71.1 Å². The quantitative estimate of drug-likeness (QED) is 0.271. The molecule has 0 aromatic heterocycles. The van der Waals surface area contributed by atoms with Crippen LogP contribution in [0.4, 0.5) is 4.79 Å². The number of ketones is 2. The molecular weight excluding hydrogens is 542 g/mol. The van der Waals surface area contributed by atoms with Crippen molar-refractivity contribution in [2.45, 2.75) is 65.0 Å². The molecule has 230 valence electrons. The van der Waals surface area contributed by atoms with Gasteiger partial charge in [0, 0.05) is 43.9 Å². The van der Waals surface area contributed by atoms with E-state index in [-0.39, 0.29) is 41.4 Å². The number of amides is 2. The second-order valence-corrected chi connectivity index (χ2v) is 10.6. The second kappa shape index (κ2) is 16.0. The summed E-state index contributed by atoms with van der Waals surface area (Å²) in [6, 6.07) is 0. The summed E-state index contributed by atoms with van der Waals surface area (Å²) in [6.07, 6.45) is 5.34. The van der Waals surface area contributed by atoms with Crippen LogP contribution in [0.15, 0.2) is 71.1 Å². The lowest BCUT2D eigenvalue weighted by Crippen LogP contribution is -2.37. The highest BCUT2D eigenvalue weighted by atomic mass is 16.6. The predicted molar refractivity (Wildman–Crippen MR) is 158 cm³/mol.